The van der Waals surface area contributed by atoms with Gasteiger partial charge in [0.15, 0.2) is 0 Å². The van der Waals surface area contributed by atoms with Crippen molar-refractivity contribution < 1.29 is 9.90 Å². The van der Waals surface area contributed by atoms with E-state index >= 15 is 0 Å². The van der Waals surface area contributed by atoms with Crippen LogP contribution in [0.2, 0.25) is 5.02 Å². The maximum absolute atomic E-state index is 12.5. The first-order chi connectivity index (χ1) is 9.49. The third kappa shape index (κ3) is 3.48. The van der Waals surface area contributed by atoms with E-state index in [9.17, 15) is 9.90 Å². The number of hydrogen-bond donors (Lipinski definition) is 1. The number of carbonyl (C=O) groups excluding carboxylic acids is 1. The predicted octanol–water partition coefficient (Wildman–Crippen LogP) is 1.26. The zero-order valence-electron chi connectivity index (χ0n) is 11.8. The Kier molecular flexibility index (Phi) is 4.96. The van der Waals surface area contributed by atoms with Gasteiger partial charge in [-0.15, -0.1) is 0 Å². The number of aliphatic hydroxyl groups excluding tert-OH is 1. The van der Waals surface area contributed by atoms with E-state index in [1.807, 2.05) is 11.8 Å². The molecule has 2 rings (SSSR count). The van der Waals surface area contributed by atoms with Crippen molar-refractivity contribution in [3.8, 4) is 0 Å². The van der Waals surface area contributed by atoms with Crippen LogP contribution < -0.4 is 0 Å². The van der Waals surface area contributed by atoms with Crippen molar-refractivity contribution in [3.05, 3.63) is 29.0 Å². The lowest BCUT2D eigenvalue weighted by Gasteiger charge is -2.40. The largest absolute Gasteiger partial charge is 0.392 e. The minimum atomic E-state index is -0.348. The molecule has 1 aliphatic heterocycles. The van der Waals surface area contributed by atoms with Gasteiger partial charge in [-0.05, 0) is 19.9 Å². The molecule has 1 aromatic heterocycles. The number of β-amino-alcohol motifs (C(OH)–C–C–N with tert-alkyl or cyclic N) is 1. The van der Waals surface area contributed by atoms with Gasteiger partial charge in [-0.1, -0.05) is 11.6 Å². The molecule has 1 saturated heterocycles. The number of amides is 1. The molecule has 0 radical (unpaired) electrons. The van der Waals surface area contributed by atoms with Crippen LogP contribution in [-0.4, -0.2) is 64.1 Å². The SMILES string of the molecule is C[C@@H]1CN(C[C@@H](C)O)CCN1C(=O)c1ccncc1Cl. The molecule has 2 heterocycles. The molecule has 1 N–H and O–H groups in total. The van der Waals surface area contributed by atoms with E-state index in [1.165, 1.54) is 6.20 Å². The number of aromatic nitrogens is 1. The van der Waals surface area contributed by atoms with Crippen molar-refractivity contribution in [1.29, 1.82) is 0 Å². The third-order valence-electron chi connectivity index (χ3n) is 3.50. The van der Waals surface area contributed by atoms with Crippen LogP contribution in [0.4, 0.5) is 0 Å². The predicted molar refractivity (Wildman–Crippen MR) is 77.9 cm³/mol. The van der Waals surface area contributed by atoms with Crippen LogP contribution in [-0.2, 0) is 0 Å². The van der Waals surface area contributed by atoms with Gasteiger partial charge in [0, 0.05) is 44.6 Å². The van der Waals surface area contributed by atoms with Gasteiger partial charge < -0.3 is 10.0 Å². The highest BCUT2D eigenvalue weighted by molar-refractivity contribution is 6.33. The second-order valence-corrected chi connectivity index (χ2v) is 5.72. The van der Waals surface area contributed by atoms with Crippen LogP contribution in [0.1, 0.15) is 24.2 Å². The molecule has 0 aromatic carbocycles. The van der Waals surface area contributed by atoms with E-state index in [0.717, 1.165) is 13.1 Å². The smallest absolute Gasteiger partial charge is 0.255 e. The van der Waals surface area contributed by atoms with Gasteiger partial charge in [-0.3, -0.25) is 14.7 Å². The van der Waals surface area contributed by atoms with Crippen LogP contribution in [0.15, 0.2) is 18.5 Å². The molecule has 6 heteroatoms. The monoisotopic (exact) mass is 297 g/mol. The first kappa shape index (κ1) is 15.2. The normalized spacial score (nSPS) is 21.8. The highest BCUT2D eigenvalue weighted by Crippen LogP contribution is 2.19. The molecule has 2 atom stereocenters. The summed E-state index contributed by atoms with van der Waals surface area (Å²) in [4.78, 5) is 20.4. The fourth-order valence-corrected chi connectivity index (χ4v) is 2.78. The summed E-state index contributed by atoms with van der Waals surface area (Å²) in [6.07, 6.45) is 2.72. The maximum atomic E-state index is 12.5. The molecule has 0 unspecified atom stereocenters. The van der Waals surface area contributed by atoms with E-state index < -0.39 is 0 Å². The summed E-state index contributed by atoms with van der Waals surface area (Å²) in [6, 6.07) is 1.75. The Balaban J connectivity index is 2.04. The van der Waals surface area contributed by atoms with Crippen molar-refractivity contribution >= 4 is 17.5 Å². The quantitative estimate of drug-likeness (QED) is 0.913. The first-order valence-corrected chi connectivity index (χ1v) is 7.17. The molecule has 1 aromatic rings. The summed E-state index contributed by atoms with van der Waals surface area (Å²) < 4.78 is 0. The standard InChI is InChI=1S/C14H20ClN3O2/c1-10-8-17(9-11(2)19)5-6-18(10)14(20)12-3-4-16-7-13(12)15/h3-4,7,10-11,19H,5-6,8-9H2,1-2H3/t10-,11-/m1/s1. The Hall–Kier alpha value is -1.17. The van der Waals surface area contributed by atoms with Gasteiger partial charge in [-0.2, -0.15) is 0 Å². The molecular weight excluding hydrogens is 278 g/mol. The Bertz CT molecular complexity index is 481. The average Bonchev–Trinajstić information content (AvgIpc) is 2.38. The molecular formula is C14H20ClN3O2. The Labute approximate surface area is 124 Å². The lowest BCUT2D eigenvalue weighted by atomic mass is 10.1. The van der Waals surface area contributed by atoms with E-state index in [2.05, 4.69) is 9.88 Å². The van der Waals surface area contributed by atoms with Crippen molar-refractivity contribution in [2.45, 2.75) is 26.0 Å². The van der Waals surface area contributed by atoms with E-state index in [4.69, 9.17) is 11.6 Å². The first-order valence-electron chi connectivity index (χ1n) is 6.80. The summed E-state index contributed by atoms with van der Waals surface area (Å²) in [5.74, 6) is -0.0541. The molecule has 110 valence electrons. The Morgan fingerprint density at radius 2 is 2.35 bits per heavy atom. The molecule has 1 aliphatic rings. The highest BCUT2D eigenvalue weighted by Gasteiger charge is 2.29. The number of pyridine rings is 1. The number of halogens is 1. The molecule has 0 saturated carbocycles. The summed E-state index contributed by atoms with van der Waals surface area (Å²) in [6.45, 7) is 6.61. The van der Waals surface area contributed by atoms with Gasteiger partial charge in [0.05, 0.1) is 16.7 Å². The van der Waals surface area contributed by atoms with E-state index in [1.54, 1.807) is 19.2 Å². The zero-order valence-corrected chi connectivity index (χ0v) is 12.5. The maximum Gasteiger partial charge on any atom is 0.255 e. The zero-order chi connectivity index (χ0) is 14.7. The van der Waals surface area contributed by atoms with E-state index in [0.29, 0.717) is 23.7 Å². The number of aliphatic hydroxyl groups is 1. The van der Waals surface area contributed by atoms with Crippen molar-refractivity contribution in [2.24, 2.45) is 0 Å². The van der Waals surface area contributed by atoms with Gasteiger partial charge in [-0.25, -0.2) is 0 Å². The van der Waals surface area contributed by atoms with Gasteiger partial charge >= 0.3 is 0 Å². The Morgan fingerprint density at radius 1 is 1.60 bits per heavy atom. The molecule has 20 heavy (non-hydrogen) atoms. The van der Waals surface area contributed by atoms with Crippen molar-refractivity contribution in [2.75, 3.05) is 26.2 Å². The summed E-state index contributed by atoms with van der Waals surface area (Å²) >= 11 is 6.03. The molecule has 0 aliphatic carbocycles. The molecule has 1 amide bonds. The summed E-state index contributed by atoms with van der Waals surface area (Å²) in [5, 5.41) is 9.82. The topological polar surface area (TPSA) is 56.7 Å². The number of piperazine rings is 1. The number of rotatable bonds is 3. The van der Waals surface area contributed by atoms with Crippen LogP contribution in [0.25, 0.3) is 0 Å². The van der Waals surface area contributed by atoms with E-state index in [-0.39, 0.29) is 18.1 Å². The highest BCUT2D eigenvalue weighted by atomic mass is 35.5. The summed E-state index contributed by atoms with van der Waals surface area (Å²) in [7, 11) is 0. The van der Waals surface area contributed by atoms with Crippen LogP contribution in [0.3, 0.4) is 0 Å². The Morgan fingerprint density at radius 3 is 2.95 bits per heavy atom. The fourth-order valence-electron chi connectivity index (χ4n) is 2.58. The number of hydrogen-bond acceptors (Lipinski definition) is 4. The van der Waals surface area contributed by atoms with Crippen molar-refractivity contribution in [3.63, 3.8) is 0 Å². The number of carbonyl (C=O) groups is 1. The molecule has 0 spiro atoms. The average molecular weight is 298 g/mol. The number of nitrogens with zero attached hydrogens (tertiary/aromatic N) is 3. The molecule has 0 bridgehead atoms. The molecule has 5 nitrogen and oxygen atoms in total. The van der Waals surface area contributed by atoms with Crippen LogP contribution in [0.5, 0.6) is 0 Å². The minimum absolute atomic E-state index is 0.0541. The summed E-state index contributed by atoms with van der Waals surface area (Å²) in [5.41, 5.74) is 0.498. The third-order valence-corrected chi connectivity index (χ3v) is 3.80. The van der Waals surface area contributed by atoms with Gasteiger partial charge in [0.2, 0.25) is 0 Å². The van der Waals surface area contributed by atoms with Crippen LogP contribution >= 0.6 is 11.6 Å². The van der Waals surface area contributed by atoms with Crippen molar-refractivity contribution in [1.82, 2.24) is 14.8 Å². The lowest BCUT2D eigenvalue weighted by molar-refractivity contribution is 0.0383. The lowest BCUT2D eigenvalue weighted by Crippen LogP contribution is -2.55. The fraction of sp³-hybridized carbons (Fsp3) is 0.571. The second-order valence-electron chi connectivity index (χ2n) is 5.31. The van der Waals surface area contributed by atoms with Gasteiger partial charge in [0.1, 0.15) is 0 Å². The second kappa shape index (κ2) is 6.52. The van der Waals surface area contributed by atoms with Gasteiger partial charge in [0.25, 0.3) is 5.91 Å². The molecule has 1 fully saturated rings. The van der Waals surface area contributed by atoms with Crippen LogP contribution in [0, 0.1) is 0 Å². The minimum Gasteiger partial charge on any atom is -0.392 e.